The van der Waals surface area contributed by atoms with E-state index in [1.165, 1.54) is 0 Å². The summed E-state index contributed by atoms with van der Waals surface area (Å²) >= 11 is 0. The Balaban J connectivity index is 1.57. The first-order valence-electron chi connectivity index (χ1n) is 8.15. The first kappa shape index (κ1) is 15.2. The molecule has 1 N–H and O–H groups in total. The van der Waals surface area contributed by atoms with Crippen LogP contribution in [-0.4, -0.2) is 67.1 Å². The highest BCUT2D eigenvalue weighted by atomic mass is 16.3. The van der Waals surface area contributed by atoms with Crippen molar-refractivity contribution in [3.8, 4) is 5.75 Å². The van der Waals surface area contributed by atoms with Crippen LogP contribution in [0.4, 0.5) is 5.69 Å². The molecule has 5 nitrogen and oxygen atoms in total. The molecule has 1 aromatic carbocycles. The standard InChI is InChI=1S/C17H25N3O2/c1-18-8-4-5-14(13-18)17(22)20-11-9-19(10-12-20)15-6-2-3-7-16(15)21/h2-3,6-7,14,21H,4-5,8-13H2,1H3/t14-/m1/s1. The van der Waals surface area contributed by atoms with Crippen molar-refractivity contribution in [1.29, 1.82) is 0 Å². The van der Waals surface area contributed by atoms with Gasteiger partial charge in [-0.15, -0.1) is 0 Å². The van der Waals surface area contributed by atoms with Crippen LogP contribution in [0.25, 0.3) is 0 Å². The smallest absolute Gasteiger partial charge is 0.227 e. The first-order valence-corrected chi connectivity index (χ1v) is 8.15. The average molecular weight is 303 g/mol. The highest BCUT2D eigenvalue weighted by molar-refractivity contribution is 5.79. The van der Waals surface area contributed by atoms with Crippen LogP contribution in [0.5, 0.6) is 5.75 Å². The Kier molecular flexibility index (Phi) is 4.52. The van der Waals surface area contributed by atoms with Gasteiger partial charge in [-0.05, 0) is 38.6 Å². The van der Waals surface area contributed by atoms with Gasteiger partial charge in [-0.3, -0.25) is 4.79 Å². The van der Waals surface area contributed by atoms with Crippen LogP contribution in [0.3, 0.4) is 0 Å². The van der Waals surface area contributed by atoms with Crippen molar-refractivity contribution in [2.24, 2.45) is 5.92 Å². The maximum Gasteiger partial charge on any atom is 0.227 e. The number of carbonyl (C=O) groups excluding carboxylic acids is 1. The van der Waals surface area contributed by atoms with E-state index >= 15 is 0 Å². The molecule has 22 heavy (non-hydrogen) atoms. The molecule has 5 heteroatoms. The molecule has 2 heterocycles. The predicted octanol–water partition coefficient (Wildman–Crippen LogP) is 1.38. The number of amides is 1. The maximum atomic E-state index is 12.6. The Hall–Kier alpha value is -1.75. The molecule has 120 valence electrons. The number of phenolic OH excluding ortho intramolecular Hbond substituents is 1. The lowest BCUT2D eigenvalue weighted by Crippen LogP contribution is -2.52. The second-order valence-electron chi connectivity index (χ2n) is 6.40. The number of anilines is 1. The Bertz CT molecular complexity index is 526. The topological polar surface area (TPSA) is 47.0 Å². The highest BCUT2D eigenvalue weighted by Crippen LogP contribution is 2.27. The molecule has 2 aliphatic heterocycles. The molecule has 0 radical (unpaired) electrons. The molecule has 0 spiro atoms. The number of rotatable bonds is 2. The van der Waals surface area contributed by atoms with Crippen LogP contribution in [-0.2, 0) is 4.79 Å². The van der Waals surface area contributed by atoms with Crippen molar-refractivity contribution in [1.82, 2.24) is 9.80 Å². The number of phenols is 1. The third-order valence-electron chi connectivity index (χ3n) is 4.79. The number of piperidine rings is 1. The lowest BCUT2D eigenvalue weighted by atomic mass is 9.96. The van der Waals surface area contributed by atoms with E-state index in [1.54, 1.807) is 6.07 Å². The normalized spacial score (nSPS) is 23.6. The van der Waals surface area contributed by atoms with Gasteiger partial charge in [0.2, 0.25) is 5.91 Å². The molecule has 2 saturated heterocycles. The number of benzene rings is 1. The number of hydrogen-bond donors (Lipinski definition) is 1. The minimum Gasteiger partial charge on any atom is -0.506 e. The van der Waals surface area contributed by atoms with Gasteiger partial charge in [0.25, 0.3) is 0 Å². The van der Waals surface area contributed by atoms with E-state index in [0.717, 1.165) is 57.8 Å². The summed E-state index contributed by atoms with van der Waals surface area (Å²) in [5.74, 6) is 0.787. The molecule has 0 bridgehead atoms. The van der Waals surface area contributed by atoms with Crippen LogP contribution in [0.15, 0.2) is 24.3 Å². The van der Waals surface area contributed by atoms with Gasteiger partial charge >= 0.3 is 0 Å². The van der Waals surface area contributed by atoms with Gasteiger partial charge in [0.1, 0.15) is 5.75 Å². The van der Waals surface area contributed by atoms with E-state index in [4.69, 9.17) is 0 Å². The minimum absolute atomic E-state index is 0.162. The van der Waals surface area contributed by atoms with Gasteiger partial charge in [0.05, 0.1) is 11.6 Å². The largest absolute Gasteiger partial charge is 0.506 e. The van der Waals surface area contributed by atoms with Crippen LogP contribution in [0, 0.1) is 5.92 Å². The van der Waals surface area contributed by atoms with E-state index < -0.39 is 0 Å². The second-order valence-corrected chi connectivity index (χ2v) is 6.40. The van der Waals surface area contributed by atoms with E-state index in [-0.39, 0.29) is 5.92 Å². The lowest BCUT2D eigenvalue weighted by Gasteiger charge is -2.39. The number of para-hydroxylation sites is 2. The Labute approximate surface area is 132 Å². The van der Waals surface area contributed by atoms with Crippen LogP contribution in [0.1, 0.15) is 12.8 Å². The molecule has 3 rings (SSSR count). The zero-order valence-electron chi connectivity index (χ0n) is 13.2. The summed E-state index contributed by atoms with van der Waals surface area (Å²) in [7, 11) is 2.09. The monoisotopic (exact) mass is 303 g/mol. The number of aromatic hydroxyl groups is 1. The summed E-state index contributed by atoms with van der Waals surface area (Å²) in [5, 5.41) is 9.94. The molecule has 2 fully saturated rings. The predicted molar refractivity (Wildman–Crippen MR) is 87.1 cm³/mol. The summed E-state index contributed by atoms with van der Waals surface area (Å²) in [5.41, 5.74) is 0.868. The van der Waals surface area contributed by atoms with Gasteiger partial charge in [-0.1, -0.05) is 12.1 Å². The van der Waals surface area contributed by atoms with Crippen molar-refractivity contribution >= 4 is 11.6 Å². The van der Waals surface area contributed by atoms with Gasteiger partial charge in [-0.25, -0.2) is 0 Å². The SMILES string of the molecule is CN1CCC[C@@H](C(=O)N2CCN(c3ccccc3O)CC2)C1. The number of nitrogens with zero attached hydrogens (tertiary/aromatic N) is 3. The number of likely N-dealkylation sites (tertiary alicyclic amines) is 1. The van der Waals surface area contributed by atoms with Crippen molar-refractivity contribution in [2.75, 3.05) is 51.2 Å². The Morgan fingerprint density at radius 2 is 1.86 bits per heavy atom. The molecule has 0 saturated carbocycles. The van der Waals surface area contributed by atoms with Crippen LogP contribution >= 0.6 is 0 Å². The molecular weight excluding hydrogens is 278 g/mol. The van der Waals surface area contributed by atoms with Gasteiger partial charge in [0.15, 0.2) is 0 Å². The molecule has 0 unspecified atom stereocenters. The quantitative estimate of drug-likeness (QED) is 0.897. The van der Waals surface area contributed by atoms with Crippen molar-refractivity contribution in [3.05, 3.63) is 24.3 Å². The van der Waals surface area contributed by atoms with Crippen LogP contribution < -0.4 is 4.90 Å². The van der Waals surface area contributed by atoms with Gasteiger partial charge in [0, 0.05) is 32.7 Å². The zero-order chi connectivity index (χ0) is 15.5. The highest BCUT2D eigenvalue weighted by Gasteiger charge is 2.30. The fourth-order valence-electron chi connectivity index (χ4n) is 3.53. The Morgan fingerprint density at radius 3 is 2.55 bits per heavy atom. The van der Waals surface area contributed by atoms with Gasteiger partial charge < -0.3 is 19.8 Å². The molecule has 1 aromatic rings. The third kappa shape index (κ3) is 3.19. The molecule has 1 amide bonds. The second kappa shape index (κ2) is 6.57. The fraction of sp³-hybridized carbons (Fsp3) is 0.588. The Morgan fingerprint density at radius 1 is 1.14 bits per heavy atom. The first-order chi connectivity index (χ1) is 10.6. The summed E-state index contributed by atoms with van der Waals surface area (Å²) in [6, 6.07) is 7.41. The summed E-state index contributed by atoms with van der Waals surface area (Å²) in [6.45, 7) is 5.04. The summed E-state index contributed by atoms with van der Waals surface area (Å²) in [4.78, 5) is 19.1. The molecule has 2 aliphatic rings. The molecule has 0 aliphatic carbocycles. The summed E-state index contributed by atoms with van der Waals surface area (Å²) < 4.78 is 0. The lowest BCUT2D eigenvalue weighted by molar-refractivity contribution is -0.137. The van der Waals surface area contributed by atoms with Gasteiger partial charge in [-0.2, -0.15) is 0 Å². The third-order valence-corrected chi connectivity index (χ3v) is 4.79. The number of carbonyl (C=O) groups is 1. The van der Waals surface area contributed by atoms with E-state index in [2.05, 4.69) is 16.8 Å². The number of hydrogen-bond acceptors (Lipinski definition) is 4. The van der Waals surface area contributed by atoms with E-state index in [9.17, 15) is 9.90 Å². The van der Waals surface area contributed by atoms with Crippen LogP contribution in [0.2, 0.25) is 0 Å². The average Bonchev–Trinajstić information content (AvgIpc) is 2.55. The van der Waals surface area contributed by atoms with E-state index in [0.29, 0.717) is 11.7 Å². The molecular formula is C17H25N3O2. The summed E-state index contributed by atoms with van der Waals surface area (Å²) in [6.07, 6.45) is 2.13. The number of piperazine rings is 1. The fourth-order valence-corrected chi connectivity index (χ4v) is 3.53. The maximum absolute atomic E-state index is 12.6. The van der Waals surface area contributed by atoms with Crippen molar-refractivity contribution < 1.29 is 9.90 Å². The zero-order valence-corrected chi connectivity index (χ0v) is 13.2. The van der Waals surface area contributed by atoms with Crippen molar-refractivity contribution in [3.63, 3.8) is 0 Å². The molecule has 0 aromatic heterocycles. The molecule has 1 atom stereocenters. The minimum atomic E-state index is 0.162. The van der Waals surface area contributed by atoms with E-state index in [1.807, 2.05) is 23.1 Å². The van der Waals surface area contributed by atoms with Crippen molar-refractivity contribution in [2.45, 2.75) is 12.8 Å².